The van der Waals surface area contributed by atoms with Gasteiger partial charge in [0, 0.05) is 32.7 Å². The molecule has 0 aromatic rings. The minimum absolute atomic E-state index is 0.0272. The van der Waals surface area contributed by atoms with Gasteiger partial charge in [0.2, 0.25) is 5.91 Å². The molecule has 0 aliphatic rings. The monoisotopic (exact) mass is 289 g/mol. The second-order valence-electron chi connectivity index (χ2n) is 5.14. The van der Waals surface area contributed by atoms with Gasteiger partial charge in [-0.05, 0) is 27.7 Å². The molecule has 6 nitrogen and oxygen atoms in total. The number of aliphatic carboxylic acids is 1. The van der Waals surface area contributed by atoms with Gasteiger partial charge in [0.15, 0.2) is 0 Å². The van der Waals surface area contributed by atoms with Gasteiger partial charge in [0.25, 0.3) is 0 Å². The SMILES string of the molecule is CCOCCN(CCOCC)C(=O)CC(C)(C)C(=O)O. The summed E-state index contributed by atoms with van der Waals surface area (Å²) >= 11 is 0. The van der Waals surface area contributed by atoms with Crippen LogP contribution in [0.5, 0.6) is 0 Å². The third kappa shape index (κ3) is 7.45. The van der Waals surface area contributed by atoms with E-state index in [0.717, 1.165) is 0 Å². The van der Waals surface area contributed by atoms with E-state index in [4.69, 9.17) is 14.6 Å². The van der Waals surface area contributed by atoms with Crippen LogP contribution < -0.4 is 0 Å². The number of carboxylic acids is 1. The first kappa shape index (κ1) is 18.9. The van der Waals surface area contributed by atoms with Gasteiger partial charge < -0.3 is 19.5 Å². The molecule has 0 aliphatic carbocycles. The van der Waals surface area contributed by atoms with Crippen LogP contribution in [-0.2, 0) is 19.1 Å². The zero-order valence-corrected chi connectivity index (χ0v) is 13.0. The lowest BCUT2D eigenvalue weighted by Gasteiger charge is -2.26. The summed E-state index contributed by atoms with van der Waals surface area (Å²) in [6, 6.07) is 0. The van der Waals surface area contributed by atoms with Crippen LogP contribution in [0.15, 0.2) is 0 Å². The minimum atomic E-state index is -1.06. The summed E-state index contributed by atoms with van der Waals surface area (Å²) in [5.74, 6) is -1.16. The summed E-state index contributed by atoms with van der Waals surface area (Å²) < 4.78 is 10.5. The predicted octanol–water partition coefficient (Wildman–Crippen LogP) is 1.39. The molecule has 0 radical (unpaired) electrons. The van der Waals surface area contributed by atoms with Crippen LogP contribution >= 0.6 is 0 Å². The average molecular weight is 289 g/mol. The summed E-state index contributed by atoms with van der Waals surface area (Å²) in [6.07, 6.45) is -0.0272. The Morgan fingerprint density at radius 1 is 1.05 bits per heavy atom. The molecule has 118 valence electrons. The quantitative estimate of drug-likeness (QED) is 0.582. The van der Waals surface area contributed by atoms with Crippen LogP contribution in [0.4, 0.5) is 0 Å². The summed E-state index contributed by atoms with van der Waals surface area (Å²) in [4.78, 5) is 24.9. The van der Waals surface area contributed by atoms with Crippen LogP contribution in [-0.4, -0.2) is 61.4 Å². The Morgan fingerprint density at radius 2 is 1.50 bits per heavy atom. The van der Waals surface area contributed by atoms with E-state index in [1.165, 1.54) is 0 Å². The topological polar surface area (TPSA) is 76.1 Å². The van der Waals surface area contributed by atoms with Crippen LogP contribution in [0.2, 0.25) is 0 Å². The highest BCUT2D eigenvalue weighted by Crippen LogP contribution is 2.21. The number of rotatable bonds is 11. The van der Waals surface area contributed by atoms with E-state index in [9.17, 15) is 9.59 Å². The van der Waals surface area contributed by atoms with E-state index in [1.54, 1.807) is 18.7 Å². The van der Waals surface area contributed by atoms with Crippen LogP contribution in [0, 0.1) is 5.41 Å². The molecule has 0 aliphatic heterocycles. The van der Waals surface area contributed by atoms with Gasteiger partial charge in [-0.1, -0.05) is 0 Å². The number of carbonyl (C=O) groups excluding carboxylic acids is 1. The average Bonchev–Trinajstić information content (AvgIpc) is 2.36. The number of hydrogen-bond donors (Lipinski definition) is 1. The summed E-state index contributed by atoms with van der Waals surface area (Å²) in [5.41, 5.74) is -1.06. The third-order valence-corrected chi connectivity index (χ3v) is 2.94. The molecular formula is C14H27NO5. The second-order valence-corrected chi connectivity index (χ2v) is 5.14. The molecule has 0 bridgehead atoms. The molecule has 1 amide bonds. The summed E-state index contributed by atoms with van der Waals surface area (Å²) in [7, 11) is 0. The Bertz CT molecular complexity index is 294. The van der Waals surface area contributed by atoms with Crippen molar-refractivity contribution in [2.45, 2.75) is 34.1 Å². The number of amides is 1. The van der Waals surface area contributed by atoms with Gasteiger partial charge in [0.1, 0.15) is 0 Å². The Hall–Kier alpha value is -1.14. The largest absolute Gasteiger partial charge is 0.481 e. The van der Waals surface area contributed by atoms with Crippen molar-refractivity contribution in [1.29, 1.82) is 0 Å². The number of nitrogens with zero attached hydrogens (tertiary/aromatic N) is 1. The van der Waals surface area contributed by atoms with E-state index in [1.807, 2.05) is 13.8 Å². The molecule has 20 heavy (non-hydrogen) atoms. The van der Waals surface area contributed by atoms with Crippen LogP contribution in [0.1, 0.15) is 34.1 Å². The number of hydrogen-bond acceptors (Lipinski definition) is 4. The third-order valence-electron chi connectivity index (χ3n) is 2.94. The summed E-state index contributed by atoms with van der Waals surface area (Å²) in [5, 5.41) is 9.08. The van der Waals surface area contributed by atoms with Crippen LogP contribution in [0.3, 0.4) is 0 Å². The van der Waals surface area contributed by atoms with Crippen molar-refractivity contribution in [2.24, 2.45) is 5.41 Å². The molecule has 0 fully saturated rings. The molecule has 0 spiro atoms. The second kappa shape index (κ2) is 9.72. The first-order chi connectivity index (χ1) is 9.35. The number of carbonyl (C=O) groups is 2. The molecule has 0 saturated heterocycles. The van der Waals surface area contributed by atoms with E-state index < -0.39 is 11.4 Å². The maximum Gasteiger partial charge on any atom is 0.309 e. The van der Waals surface area contributed by atoms with E-state index >= 15 is 0 Å². The van der Waals surface area contributed by atoms with Crippen molar-refractivity contribution in [2.75, 3.05) is 39.5 Å². The maximum atomic E-state index is 12.2. The van der Waals surface area contributed by atoms with Gasteiger partial charge in [-0.3, -0.25) is 9.59 Å². The first-order valence-electron chi connectivity index (χ1n) is 7.01. The van der Waals surface area contributed by atoms with E-state index in [2.05, 4.69) is 0 Å². The standard InChI is InChI=1S/C14H27NO5/c1-5-19-9-7-15(8-10-20-6-2)12(16)11-14(3,4)13(17)18/h5-11H2,1-4H3,(H,17,18). The normalized spacial score (nSPS) is 11.4. The fourth-order valence-electron chi connectivity index (χ4n) is 1.56. The molecule has 6 heteroatoms. The lowest BCUT2D eigenvalue weighted by molar-refractivity contribution is -0.151. The van der Waals surface area contributed by atoms with Crippen molar-refractivity contribution >= 4 is 11.9 Å². The Labute approximate surface area is 121 Å². The zero-order chi connectivity index (χ0) is 15.6. The molecule has 0 atom stereocenters. The molecule has 0 saturated carbocycles. The maximum absolute atomic E-state index is 12.2. The molecule has 0 rings (SSSR count). The van der Waals surface area contributed by atoms with E-state index in [0.29, 0.717) is 39.5 Å². The predicted molar refractivity (Wildman–Crippen MR) is 75.6 cm³/mol. The van der Waals surface area contributed by atoms with Crippen molar-refractivity contribution in [3.63, 3.8) is 0 Å². The molecule has 0 heterocycles. The van der Waals surface area contributed by atoms with Crippen molar-refractivity contribution < 1.29 is 24.2 Å². The van der Waals surface area contributed by atoms with Gasteiger partial charge in [-0.15, -0.1) is 0 Å². The van der Waals surface area contributed by atoms with Gasteiger partial charge in [-0.2, -0.15) is 0 Å². The van der Waals surface area contributed by atoms with Gasteiger partial charge in [-0.25, -0.2) is 0 Å². The lowest BCUT2D eigenvalue weighted by atomic mass is 9.89. The fourth-order valence-corrected chi connectivity index (χ4v) is 1.56. The zero-order valence-electron chi connectivity index (χ0n) is 13.0. The van der Waals surface area contributed by atoms with Crippen LogP contribution in [0.25, 0.3) is 0 Å². The van der Waals surface area contributed by atoms with E-state index in [-0.39, 0.29) is 12.3 Å². The number of ether oxygens (including phenoxy) is 2. The highest BCUT2D eigenvalue weighted by molar-refractivity contribution is 5.84. The summed E-state index contributed by atoms with van der Waals surface area (Å²) in [6.45, 7) is 9.86. The number of carboxylic acid groups (broad SMARTS) is 1. The lowest BCUT2D eigenvalue weighted by Crippen LogP contribution is -2.40. The Kier molecular flexibility index (Phi) is 9.16. The molecular weight excluding hydrogens is 262 g/mol. The highest BCUT2D eigenvalue weighted by atomic mass is 16.5. The first-order valence-corrected chi connectivity index (χ1v) is 7.01. The molecule has 0 aromatic heterocycles. The molecule has 0 unspecified atom stereocenters. The van der Waals surface area contributed by atoms with Gasteiger partial charge in [0.05, 0.1) is 18.6 Å². The highest BCUT2D eigenvalue weighted by Gasteiger charge is 2.31. The molecule has 1 N–H and O–H groups in total. The van der Waals surface area contributed by atoms with Crippen molar-refractivity contribution in [3.8, 4) is 0 Å². The van der Waals surface area contributed by atoms with Gasteiger partial charge >= 0.3 is 5.97 Å². The Morgan fingerprint density at radius 3 is 1.85 bits per heavy atom. The van der Waals surface area contributed by atoms with Crippen molar-refractivity contribution in [3.05, 3.63) is 0 Å². The molecule has 0 aromatic carbocycles. The minimum Gasteiger partial charge on any atom is -0.481 e. The Balaban J connectivity index is 4.48. The van der Waals surface area contributed by atoms with Crippen molar-refractivity contribution in [1.82, 2.24) is 4.90 Å². The fraction of sp³-hybridized carbons (Fsp3) is 0.857. The smallest absolute Gasteiger partial charge is 0.309 e.